The minimum absolute atomic E-state index is 0. The van der Waals surface area contributed by atoms with E-state index < -0.39 is 0 Å². The van der Waals surface area contributed by atoms with E-state index in [0.29, 0.717) is 6.54 Å². The smallest absolute Gasteiger partial charge is 0.191 e. The van der Waals surface area contributed by atoms with E-state index in [2.05, 4.69) is 10.6 Å². The lowest BCUT2D eigenvalue weighted by atomic mass is 10.2. The summed E-state index contributed by atoms with van der Waals surface area (Å²) in [5.41, 5.74) is 1.15. The summed E-state index contributed by atoms with van der Waals surface area (Å²) >= 11 is 0. The second-order valence-corrected chi connectivity index (χ2v) is 6.79. The van der Waals surface area contributed by atoms with Gasteiger partial charge in [-0.1, -0.05) is 12.1 Å². The number of nitrogens with zero attached hydrogens (tertiary/aromatic N) is 1. The Morgan fingerprint density at radius 2 is 1.68 bits per heavy atom. The van der Waals surface area contributed by atoms with Gasteiger partial charge in [-0.05, 0) is 56.2 Å². The topological polar surface area (TPSA) is 64.1 Å². The minimum atomic E-state index is 0. The van der Waals surface area contributed by atoms with Gasteiger partial charge in [-0.15, -0.1) is 24.0 Å². The van der Waals surface area contributed by atoms with Crippen molar-refractivity contribution < 1.29 is 14.2 Å². The van der Waals surface area contributed by atoms with Gasteiger partial charge in [0.25, 0.3) is 0 Å². The molecule has 0 bridgehead atoms. The molecule has 1 aromatic carbocycles. The van der Waals surface area contributed by atoms with Crippen LogP contribution in [0, 0.1) is 5.92 Å². The Morgan fingerprint density at radius 1 is 1.04 bits per heavy atom. The maximum Gasteiger partial charge on any atom is 0.191 e. The van der Waals surface area contributed by atoms with Gasteiger partial charge in [0, 0.05) is 39.5 Å². The fourth-order valence-corrected chi connectivity index (χ4v) is 2.52. The van der Waals surface area contributed by atoms with Crippen LogP contribution in [0.1, 0.15) is 38.2 Å². The fourth-order valence-electron chi connectivity index (χ4n) is 2.52. The predicted molar refractivity (Wildman–Crippen MR) is 125 cm³/mol. The molecule has 0 radical (unpaired) electrons. The first kappa shape index (κ1) is 25.0. The molecule has 0 atom stereocenters. The summed E-state index contributed by atoms with van der Waals surface area (Å²) < 4.78 is 16.3. The number of aliphatic imine (C=N–C) groups is 1. The number of halogens is 1. The summed E-state index contributed by atoms with van der Waals surface area (Å²) in [7, 11) is 1.68. The molecule has 6 nitrogen and oxygen atoms in total. The first-order valence-electron chi connectivity index (χ1n) is 10.1. The number of benzene rings is 1. The average molecular weight is 505 g/mol. The Labute approximate surface area is 186 Å². The molecule has 0 amide bonds. The van der Waals surface area contributed by atoms with E-state index in [-0.39, 0.29) is 24.0 Å². The molecule has 0 aliphatic heterocycles. The normalized spacial score (nSPS) is 13.7. The number of rotatable bonds is 14. The summed E-state index contributed by atoms with van der Waals surface area (Å²) in [4.78, 5) is 4.70. The molecule has 0 saturated heterocycles. The number of ether oxygens (including phenoxy) is 3. The summed E-state index contributed by atoms with van der Waals surface area (Å²) in [6.07, 6.45) is 4.62. The van der Waals surface area contributed by atoms with Gasteiger partial charge in [0.2, 0.25) is 0 Å². The van der Waals surface area contributed by atoms with Gasteiger partial charge in [0.1, 0.15) is 5.75 Å². The maximum atomic E-state index is 5.69. The van der Waals surface area contributed by atoms with Gasteiger partial charge in [-0.25, -0.2) is 4.99 Å². The molecule has 2 rings (SSSR count). The Hall–Kier alpha value is -1.06. The zero-order chi connectivity index (χ0) is 19.2. The van der Waals surface area contributed by atoms with Gasteiger partial charge < -0.3 is 24.8 Å². The molecule has 1 aliphatic carbocycles. The molecular formula is C21H36IN3O3. The van der Waals surface area contributed by atoms with Gasteiger partial charge in [-0.2, -0.15) is 0 Å². The first-order valence-corrected chi connectivity index (χ1v) is 10.1. The minimum Gasteiger partial charge on any atom is -0.497 e. The molecule has 7 heteroatoms. The summed E-state index contributed by atoms with van der Waals surface area (Å²) in [5.74, 6) is 2.53. The van der Waals surface area contributed by atoms with E-state index in [1.807, 2.05) is 31.2 Å². The second-order valence-electron chi connectivity index (χ2n) is 6.79. The molecule has 1 aromatic rings. The van der Waals surface area contributed by atoms with E-state index in [0.717, 1.165) is 75.5 Å². The van der Waals surface area contributed by atoms with Crippen molar-refractivity contribution in [2.75, 3.05) is 46.6 Å². The number of nitrogens with one attached hydrogen (secondary N) is 2. The van der Waals surface area contributed by atoms with E-state index in [1.54, 1.807) is 7.11 Å². The van der Waals surface area contributed by atoms with Crippen LogP contribution >= 0.6 is 24.0 Å². The van der Waals surface area contributed by atoms with E-state index >= 15 is 0 Å². The third-order valence-electron chi connectivity index (χ3n) is 4.35. The maximum absolute atomic E-state index is 5.69. The molecule has 1 aliphatic rings. The fraction of sp³-hybridized carbons (Fsp3) is 0.667. The predicted octanol–water partition coefficient (Wildman–Crippen LogP) is 3.59. The standard InChI is InChI=1S/C21H35N3O3.HI/c1-3-26-14-4-12-22-21(23-13-5-15-27-17-19-6-7-19)24-16-18-8-10-20(25-2)11-9-18;/h8-11,19H,3-7,12-17H2,1-2H3,(H2,22,23,24);1H. The van der Waals surface area contributed by atoms with Crippen molar-refractivity contribution in [2.45, 2.75) is 39.2 Å². The van der Waals surface area contributed by atoms with Crippen LogP contribution in [0.15, 0.2) is 29.3 Å². The van der Waals surface area contributed by atoms with E-state index in [4.69, 9.17) is 19.2 Å². The Bertz CT molecular complexity index is 536. The van der Waals surface area contributed by atoms with Crippen LogP contribution in [0.4, 0.5) is 0 Å². The van der Waals surface area contributed by atoms with Gasteiger partial charge in [0.15, 0.2) is 5.96 Å². The molecular weight excluding hydrogens is 469 g/mol. The quantitative estimate of drug-likeness (QED) is 0.175. The van der Waals surface area contributed by atoms with Crippen molar-refractivity contribution in [1.29, 1.82) is 0 Å². The SMILES string of the molecule is CCOCCCNC(=NCc1ccc(OC)cc1)NCCCOCC1CC1.I. The number of guanidine groups is 1. The van der Waals surface area contributed by atoms with Crippen LogP contribution in [-0.4, -0.2) is 52.6 Å². The third-order valence-corrected chi connectivity index (χ3v) is 4.35. The lowest BCUT2D eigenvalue weighted by molar-refractivity contribution is 0.123. The highest BCUT2D eigenvalue weighted by Gasteiger charge is 2.20. The molecule has 0 spiro atoms. The van der Waals surface area contributed by atoms with Crippen molar-refractivity contribution in [3.05, 3.63) is 29.8 Å². The number of methoxy groups -OCH3 is 1. The summed E-state index contributed by atoms with van der Waals surface area (Å²) in [5, 5.41) is 6.78. The van der Waals surface area contributed by atoms with Crippen molar-refractivity contribution in [2.24, 2.45) is 10.9 Å². The van der Waals surface area contributed by atoms with Crippen molar-refractivity contribution in [1.82, 2.24) is 10.6 Å². The largest absolute Gasteiger partial charge is 0.497 e. The molecule has 160 valence electrons. The van der Waals surface area contributed by atoms with Gasteiger partial charge >= 0.3 is 0 Å². The first-order chi connectivity index (χ1) is 13.3. The second kappa shape index (κ2) is 15.8. The Balaban J connectivity index is 0.00000392. The zero-order valence-electron chi connectivity index (χ0n) is 17.2. The molecule has 1 fully saturated rings. The Kier molecular flexibility index (Phi) is 14.1. The van der Waals surface area contributed by atoms with E-state index in [9.17, 15) is 0 Å². The average Bonchev–Trinajstić information content (AvgIpc) is 3.52. The summed E-state index contributed by atoms with van der Waals surface area (Å²) in [6, 6.07) is 8.01. The molecule has 0 unspecified atom stereocenters. The van der Waals surface area contributed by atoms with Crippen molar-refractivity contribution >= 4 is 29.9 Å². The summed E-state index contributed by atoms with van der Waals surface area (Å²) in [6.45, 7) is 7.59. The lowest BCUT2D eigenvalue weighted by Gasteiger charge is -2.13. The van der Waals surface area contributed by atoms with E-state index in [1.165, 1.54) is 12.8 Å². The molecule has 28 heavy (non-hydrogen) atoms. The number of hydrogen-bond acceptors (Lipinski definition) is 4. The van der Waals surface area contributed by atoms with Crippen LogP contribution in [0.3, 0.4) is 0 Å². The van der Waals surface area contributed by atoms with Gasteiger partial charge in [0.05, 0.1) is 13.7 Å². The van der Waals surface area contributed by atoms with Crippen LogP contribution in [0.5, 0.6) is 5.75 Å². The van der Waals surface area contributed by atoms with Crippen molar-refractivity contribution in [3.8, 4) is 5.75 Å². The molecule has 1 saturated carbocycles. The number of hydrogen-bond donors (Lipinski definition) is 2. The molecule has 0 aromatic heterocycles. The van der Waals surface area contributed by atoms with Crippen LogP contribution in [0.2, 0.25) is 0 Å². The lowest BCUT2D eigenvalue weighted by Crippen LogP contribution is -2.39. The molecule has 0 heterocycles. The highest BCUT2D eigenvalue weighted by molar-refractivity contribution is 14.0. The van der Waals surface area contributed by atoms with Crippen molar-refractivity contribution in [3.63, 3.8) is 0 Å². The zero-order valence-corrected chi connectivity index (χ0v) is 19.6. The van der Waals surface area contributed by atoms with Crippen LogP contribution < -0.4 is 15.4 Å². The van der Waals surface area contributed by atoms with Crippen LogP contribution in [-0.2, 0) is 16.0 Å². The Morgan fingerprint density at radius 3 is 2.25 bits per heavy atom. The van der Waals surface area contributed by atoms with Gasteiger partial charge in [-0.3, -0.25) is 0 Å². The highest BCUT2D eigenvalue weighted by Crippen LogP contribution is 2.28. The monoisotopic (exact) mass is 505 g/mol. The molecule has 2 N–H and O–H groups in total. The highest BCUT2D eigenvalue weighted by atomic mass is 127. The van der Waals surface area contributed by atoms with Crippen LogP contribution in [0.25, 0.3) is 0 Å². The third kappa shape index (κ3) is 11.7.